The fourth-order valence-electron chi connectivity index (χ4n) is 2.30. The molecular formula is C18H19F3N2O4S. The van der Waals surface area contributed by atoms with Gasteiger partial charge in [0.2, 0.25) is 15.9 Å². The number of methoxy groups -OCH3 is 1. The van der Waals surface area contributed by atoms with Gasteiger partial charge < -0.3 is 10.1 Å². The van der Waals surface area contributed by atoms with Gasteiger partial charge in [-0.2, -0.15) is 13.2 Å². The SMILES string of the molecule is CCS(=O)(=O)Nc1ccc(NC(=O)Cc2ccc(C(F)(F)F)cc2)cc1OC. The zero-order valence-electron chi connectivity index (χ0n) is 15.1. The van der Waals surface area contributed by atoms with Crippen LogP contribution in [0.1, 0.15) is 18.1 Å². The van der Waals surface area contributed by atoms with E-state index >= 15 is 0 Å². The Morgan fingerprint density at radius 3 is 2.29 bits per heavy atom. The zero-order valence-corrected chi connectivity index (χ0v) is 15.9. The van der Waals surface area contributed by atoms with Crippen molar-refractivity contribution >= 4 is 27.3 Å². The highest BCUT2D eigenvalue weighted by molar-refractivity contribution is 7.92. The summed E-state index contributed by atoms with van der Waals surface area (Å²) < 4.78 is 68.6. The Morgan fingerprint density at radius 2 is 1.75 bits per heavy atom. The van der Waals surface area contributed by atoms with Crippen molar-refractivity contribution in [1.82, 2.24) is 0 Å². The molecule has 0 bridgehead atoms. The number of sulfonamides is 1. The molecule has 0 spiro atoms. The quantitative estimate of drug-likeness (QED) is 0.722. The first kappa shape index (κ1) is 21.5. The van der Waals surface area contributed by atoms with Gasteiger partial charge in [-0.25, -0.2) is 8.42 Å². The largest absolute Gasteiger partial charge is 0.494 e. The zero-order chi connectivity index (χ0) is 20.9. The summed E-state index contributed by atoms with van der Waals surface area (Å²) in [5.74, 6) is -0.338. The van der Waals surface area contributed by atoms with Gasteiger partial charge in [0.15, 0.2) is 0 Å². The molecule has 0 aliphatic rings. The summed E-state index contributed by atoms with van der Waals surface area (Å²) in [4.78, 5) is 12.1. The topological polar surface area (TPSA) is 84.5 Å². The number of carbonyl (C=O) groups is 1. The maximum absolute atomic E-state index is 12.6. The molecule has 0 unspecified atom stereocenters. The van der Waals surface area contributed by atoms with Crippen molar-refractivity contribution in [1.29, 1.82) is 0 Å². The highest BCUT2D eigenvalue weighted by atomic mass is 32.2. The lowest BCUT2D eigenvalue weighted by molar-refractivity contribution is -0.137. The number of alkyl halides is 3. The molecule has 0 radical (unpaired) electrons. The maximum Gasteiger partial charge on any atom is 0.416 e. The van der Waals surface area contributed by atoms with Crippen LogP contribution in [0.4, 0.5) is 24.5 Å². The summed E-state index contributed by atoms with van der Waals surface area (Å²) in [6.45, 7) is 1.49. The second-order valence-electron chi connectivity index (χ2n) is 5.84. The van der Waals surface area contributed by atoms with Gasteiger partial charge in [-0.05, 0) is 36.8 Å². The molecule has 152 valence electrons. The third-order valence-corrected chi connectivity index (χ3v) is 5.07. The van der Waals surface area contributed by atoms with Crippen molar-refractivity contribution in [3.8, 4) is 5.75 Å². The number of hydrogen-bond acceptors (Lipinski definition) is 4. The van der Waals surface area contributed by atoms with Crippen LogP contribution in [0.25, 0.3) is 0 Å². The standard InChI is InChI=1S/C18H19F3N2O4S/c1-3-28(25,26)23-15-9-8-14(11-16(15)27-2)22-17(24)10-12-4-6-13(7-5-12)18(19,20)21/h4-9,11,23H,3,10H2,1-2H3,(H,22,24). The lowest BCUT2D eigenvalue weighted by atomic mass is 10.1. The minimum Gasteiger partial charge on any atom is -0.494 e. The van der Waals surface area contributed by atoms with Crippen LogP contribution in [0.2, 0.25) is 0 Å². The minimum absolute atomic E-state index is 0.109. The molecule has 0 fully saturated rings. The normalized spacial score (nSPS) is 11.8. The highest BCUT2D eigenvalue weighted by Gasteiger charge is 2.29. The smallest absolute Gasteiger partial charge is 0.416 e. The van der Waals surface area contributed by atoms with Gasteiger partial charge in [-0.15, -0.1) is 0 Å². The van der Waals surface area contributed by atoms with E-state index in [9.17, 15) is 26.4 Å². The van der Waals surface area contributed by atoms with E-state index in [1.165, 1.54) is 44.4 Å². The number of carbonyl (C=O) groups excluding carboxylic acids is 1. The fourth-order valence-corrected chi connectivity index (χ4v) is 2.94. The van der Waals surface area contributed by atoms with E-state index in [4.69, 9.17) is 4.74 Å². The molecule has 28 heavy (non-hydrogen) atoms. The van der Waals surface area contributed by atoms with Crippen molar-refractivity contribution in [2.75, 3.05) is 22.9 Å². The molecule has 0 saturated heterocycles. The van der Waals surface area contributed by atoms with Crippen molar-refractivity contribution in [3.05, 3.63) is 53.6 Å². The van der Waals surface area contributed by atoms with Gasteiger partial charge >= 0.3 is 6.18 Å². The Bertz CT molecular complexity index is 942. The lowest BCUT2D eigenvalue weighted by Gasteiger charge is -2.13. The number of benzene rings is 2. The van der Waals surface area contributed by atoms with Crippen LogP contribution in [-0.4, -0.2) is 27.2 Å². The van der Waals surface area contributed by atoms with Crippen LogP contribution in [0, 0.1) is 0 Å². The number of amides is 1. The Balaban J connectivity index is 2.07. The van der Waals surface area contributed by atoms with Crippen LogP contribution >= 0.6 is 0 Å². The van der Waals surface area contributed by atoms with E-state index < -0.39 is 27.7 Å². The van der Waals surface area contributed by atoms with E-state index in [2.05, 4.69) is 10.0 Å². The first-order valence-corrected chi connectivity index (χ1v) is 9.84. The first-order valence-electron chi connectivity index (χ1n) is 8.18. The molecule has 0 atom stereocenters. The van der Waals surface area contributed by atoms with E-state index in [0.29, 0.717) is 11.3 Å². The van der Waals surface area contributed by atoms with E-state index in [1.54, 1.807) is 0 Å². The molecular weight excluding hydrogens is 397 g/mol. The van der Waals surface area contributed by atoms with Crippen molar-refractivity contribution in [3.63, 3.8) is 0 Å². The van der Waals surface area contributed by atoms with E-state index in [0.717, 1.165) is 12.1 Å². The Hall–Kier alpha value is -2.75. The molecule has 0 saturated carbocycles. The molecule has 1 amide bonds. The third-order valence-electron chi connectivity index (χ3n) is 3.78. The average Bonchev–Trinajstić information content (AvgIpc) is 2.62. The molecule has 0 aliphatic heterocycles. The van der Waals surface area contributed by atoms with Gasteiger partial charge in [0.05, 0.1) is 30.5 Å². The monoisotopic (exact) mass is 416 g/mol. The first-order chi connectivity index (χ1) is 13.0. The van der Waals surface area contributed by atoms with Crippen molar-refractivity contribution < 1.29 is 31.1 Å². The van der Waals surface area contributed by atoms with Gasteiger partial charge in [-0.1, -0.05) is 12.1 Å². The predicted molar refractivity (Wildman–Crippen MR) is 99.9 cm³/mol. The Morgan fingerprint density at radius 1 is 1.11 bits per heavy atom. The number of rotatable bonds is 7. The summed E-state index contributed by atoms with van der Waals surface area (Å²) in [5, 5.41) is 2.60. The summed E-state index contributed by atoms with van der Waals surface area (Å²) in [7, 11) is -2.14. The van der Waals surface area contributed by atoms with Crippen LogP contribution < -0.4 is 14.8 Å². The maximum atomic E-state index is 12.6. The van der Waals surface area contributed by atoms with Crippen LogP contribution in [0.15, 0.2) is 42.5 Å². The molecule has 10 heteroatoms. The number of hydrogen-bond donors (Lipinski definition) is 2. The number of ether oxygens (including phenoxy) is 1. The molecule has 6 nitrogen and oxygen atoms in total. The number of halogens is 3. The average molecular weight is 416 g/mol. The summed E-state index contributed by atoms with van der Waals surface area (Å²) in [5.41, 5.74) is 0.217. The molecule has 2 N–H and O–H groups in total. The van der Waals surface area contributed by atoms with Crippen molar-refractivity contribution in [2.24, 2.45) is 0 Å². The molecule has 0 aromatic heterocycles. The lowest BCUT2D eigenvalue weighted by Crippen LogP contribution is -2.16. The second kappa shape index (κ2) is 8.51. The van der Waals surface area contributed by atoms with E-state index in [-0.39, 0.29) is 23.6 Å². The minimum atomic E-state index is -4.43. The van der Waals surface area contributed by atoms with Crippen molar-refractivity contribution in [2.45, 2.75) is 19.5 Å². The van der Waals surface area contributed by atoms with Crippen LogP contribution in [0.3, 0.4) is 0 Å². The van der Waals surface area contributed by atoms with Gasteiger partial charge in [-0.3, -0.25) is 9.52 Å². The van der Waals surface area contributed by atoms with Crippen LogP contribution in [-0.2, 0) is 27.4 Å². The number of nitrogens with one attached hydrogen (secondary N) is 2. The van der Waals surface area contributed by atoms with Gasteiger partial charge in [0.25, 0.3) is 0 Å². The predicted octanol–water partition coefficient (Wildman–Crippen LogP) is 3.66. The Labute approximate surface area is 160 Å². The van der Waals surface area contributed by atoms with Gasteiger partial charge in [0, 0.05) is 11.8 Å². The second-order valence-corrected chi connectivity index (χ2v) is 7.85. The number of anilines is 2. The summed E-state index contributed by atoms with van der Waals surface area (Å²) >= 11 is 0. The third kappa shape index (κ3) is 5.88. The molecule has 2 rings (SSSR count). The molecule has 2 aromatic rings. The van der Waals surface area contributed by atoms with E-state index in [1.807, 2.05) is 0 Å². The van der Waals surface area contributed by atoms with Gasteiger partial charge in [0.1, 0.15) is 5.75 Å². The molecule has 2 aromatic carbocycles. The molecule has 0 heterocycles. The van der Waals surface area contributed by atoms with Crippen LogP contribution in [0.5, 0.6) is 5.75 Å². The summed E-state index contributed by atoms with van der Waals surface area (Å²) in [6, 6.07) is 8.69. The molecule has 0 aliphatic carbocycles. The highest BCUT2D eigenvalue weighted by Crippen LogP contribution is 2.30. The Kier molecular flexibility index (Phi) is 6.55. The summed E-state index contributed by atoms with van der Waals surface area (Å²) in [6.07, 6.45) is -4.55. The fraction of sp³-hybridized carbons (Fsp3) is 0.278.